The molecule has 2 aromatic rings. The second-order valence-corrected chi connectivity index (χ2v) is 6.93. The third kappa shape index (κ3) is 2.07. The average Bonchev–Trinajstić information content (AvgIpc) is 3.14. The lowest BCUT2D eigenvalue weighted by molar-refractivity contribution is -0.113. The van der Waals surface area contributed by atoms with Crippen molar-refractivity contribution in [2.24, 2.45) is 17.8 Å². The summed E-state index contributed by atoms with van der Waals surface area (Å²) in [5.74, 6) is 1.43. The largest absolute Gasteiger partial charge is 0.303 e. The maximum absolute atomic E-state index is 11.6. The summed E-state index contributed by atoms with van der Waals surface area (Å²) in [6, 6.07) is 8.44. The van der Waals surface area contributed by atoms with E-state index >= 15 is 0 Å². The quantitative estimate of drug-likeness (QED) is 0.796. The highest BCUT2D eigenvalue weighted by Gasteiger charge is 2.46. The summed E-state index contributed by atoms with van der Waals surface area (Å²) in [5, 5.41) is 2.12. The molecule has 0 aliphatic heterocycles. The zero-order valence-corrected chi connectivity index (χ0v) is 12.5. The minimum atomic E-state index is 0.141. The number of carbonyl (C=O) groups excluding carboxylic acids is 1. The zero-order chi connectivity index (χ0) is 14.2. The van der Waals surface area contributed by atoms with Crippen molar-refractivity contribution in [1.82, 2.24) is 4.98 Å². The van der Waals surface area contributed by atoms with Crippen molar-refractivity contribution in [3.63, 3.8) is 0 Å². The van der Waals surface area contributed by atoms with Gasteiger partial charge in [-0.3, -0.25) is 4.98 Å². The number of hydrogen-bond acceptors (Lipinski definition) is 3. The van der Waals surface area contributed by atoms with Gasteiger partial charge in [0.25, 0.3) is 0 Å². The van der Waals surface area contributed by atoms with Crippen molar-refractivity contribution < 1.29 is 4.79 Å². The summed E-state index contributed by atoms with van der Waals surface area (Å²) in [4.78, 5) is 17.2. The van der Waals surface area contributed by atoms with Gasteiger partial charge >= 0.3 is 0 Å². The van der Waals surface area contributed by atoms with E-state index in [1.54, 1.807) is 11.3 Å². The Morgan fingerprint density at radius 2 is 2.14 bits per heavy atom. The summed E-state index contributed by atoms with van der Waals surface area (Å²) in [7, 11) is 0. The smallest absolute Gasteiger partial charge is 0.123 e. The van der Waals surface area contributed by atoms with Crippen LogP contribution < -0.4 is 0 Å². The molecular weight excluding hydrogens is 278 g/mol. The second-order valence-electron chi connectivity index (χ2n) is 5.98. The van der Waals surface area contributed by atoms with Gasteiger partial charge in [0.05, 0.1) is 0 Å². The van der Waals surface area contributed by atoms with Gasteiger partial charge in [-0.2, -0.15) is 0 Å². The van der Waals surface area contributed by atoms with E-state index in [-0.39, 0.29) is 5.92 Å². The minimum absolute atomic E-state index is 0.141. The van der Waals surface area contributed by atoms with Crippen LogP contribution in [0.1, 0.15) is 29.2 Å². The van der Waals surface area contributed by atoms with Crippen LogP contribution in [0, 0.1) is 17.8 Å². The predicted octanol–water partition coefficient (Wildman–Crippen LogP) is 4.17. The maximum Gasteiger partial charge on any atom is 0.123 e. The van der Waals surface area contributed by atoms with Crippen LogP contribution >= 0.6 is 11.3 Å². The molecule has 0 unspecified atom stereocenters. The fourth-order valence-corrected chi connectivity index (χ4v) is 4.90. The molecule has 2 aliphatic carbocycles. The van der Waals surface area contributed by atoms with Gasteiger partial charge in [0, 0.05) is 29.1 Å². The highest BCUT2D eigenvalue weighted by molar-refractivity contribution is 7.11. The topological polar surface area (TPSA) is 30.0 Å². The number of pyridine rings is 1. The van der Waals surface area contributed by atoms with E-state index in [9.17, 15) is 4.79 Å². The van der Waals surface area contributed by atoms with E-state index in [4.69, 9.17) is 0 Å². The van der Waals surface area contributed by atoms with E-state index < -0.39 is 0 Å². The van der Waals surface area contributed by atoms with Crippen molar-refractivity contribution in [1.29, 1.82) is 0 Å². The van der Waals surface area contributed by atoms with E-state index in [0.29, 0.717) is 17.8 Å². The summed E-state index contributed by atoms with van der Waals surface area (Å²) >= 11 is 1.78. The van der Waals surface area contributed by atoms with Crippen LogP contribution in [-0.4, -0.2) is 11.3 Å². The molecule has 0 spiro atoms. The van der Waals surface area contributed by atoms with Crippen molar-refractivity contribution >= 4 is 23.2 Å². The Labute approximate surface area is 128 Å². The summed E-state index contributed by atoms with van der Waals surface area (Å²) < 4.78 is 0. The number of fused-ring (bicyclic) bond motifs is 2. The molecule has 2 heterocycles. The molecule has 2 bridgehead atoms. The molecule has 0 amide bonds. The molecule has 0 N–H and O–H groups in total. The van der Waals surface area contributed by atoms with Gasteiger partial charge < -0.3 is 4.79 Å². The molecule has 1 saturated carbocycles. The van der Waals surface area contributed by atoms with Gasteiger partial charge in [-0.1, -0.05) is 18.2 Å². The number of aldehydes is 1. The summed E-state index contributed by atoms with van der Waals surface area (Å²) in [6.07, 6.45) is 9.52. The van der Waals surface area contributed by atoms with Crippen LogP contribution in [0.5, 0.6) is 0 Å². The molecule has 2 aromatic heterocycles. The Kier molecular flexibility index (Phi) is 3.23. The Bertz CT molecular complexity index is 662. The molecular formula is C18H17NOS. The molecule has 4 atom stereocenters. The fourth-order valence-electron chi connectivity index (χ4n) is 4.10. The number of hydrogen-bond donors (Lipinski definition) is 0. The van der Waals surface area contributed by atoms with Gasteiger partial charge in [-0.05, 0) is 53.3 Å². The molecule has 21 heavy (non-hydrogen) atoms. The lowest BCUT2D eigenvalue weighted by Crippen LogP contribution is -2.29. The third-order valence-corrected chi connectivity index (χ3v) is 5.86. The van der Waals surface area contributed by atoms with Crippen molar-refractivity contribution in [2.45, 2.75) is 18.8 Å². The number of nitrogens with zero attached hydrogens (tertiary/aromatic N) is 1. The zero-order valence-electron chi connectivity index (χ0n) is 11.7. The van der Waals surface area contributed by atoms with Gasteiger partial charge in [0.1, 0.15) is 6.29 Å². The summed E-state index contributed by atoms with van der Waals surface area (Å²) in [6.45, 7) is 0. The SMILES string of the molecule is O=C[C@@H]1CC[C@@H]2C=C(c3cccs3)[C@H]1[C@@H]2c1cccnc1. The fraction of sp³-hybridized carbons (Fsp3) is 0.333. The Balaban J connectivity index is 1.79. The summed E-state index contributed by atoms with van der Waals surface area (Å²) in [5.41, 5.74) is 2.67. The first-order chi connectivity index (χ1) is 10.4. The maximum atomic E-state index is 11.6. The number of carbonyl (C=O) groups is 1. The van der Waals surface area contributed by atoms with Gasteiger partial charge in [0.15, 0.2) is 0 Å². The molecule has 3 heteroatoms. The van der Waals surface area contributed by atoms with Gasteiger partial charge in [0.2, 0.25) is 0 Å². The Hall–Kier alpha value is -1.74. The Morgan fingerprint density at radius 3 is 2.86 bits per heavy atom. The molecule has 0 saturated heterocycles. The van der Waals surface area contributed by atoms with E-state index in [1.165, 1.54) is 22.3 Å². The van der Waals surface area contributed by atoms with Crippen LogP contribution in [0.2, 0.25) is 0 Å². The molecule has 0 radical (unpaired) electrons. The van der Waals surface area contributed by atoms with Crippen LogP contribution in [0.15, 0.2) is 48.1 Å². The lowest BCUT2D eigenvalue weighted by Gasteiger charge is -2.35. The number of rotatable bonds is 3. The average molecular weight is 295 g/mol. The lowest BCUT2D eigenvalue weighted by atomic mass is 9.67. The molecule has 0 aromatic carbocycles. The van der Waals surface area contributed by atoms with Crippen molar-refractivity contribution in [2.75, 3.05) is 0 Å². The van der Waals surface area contributed by atoms with Crippen molar-refractivity contribution in [3.8, 4) is 0 Å². The molecule has 2 aliphatic rings. The first kappa shape index (κ1) is 13.0. The number of thiophene rings is 1. The van der Waals surface area contributed by atoms with Crippen LogP contribution in [0.4, 0.5) is 0 Å². The Morgan fingerprint density at radius 1 is 1.19 bits per heavy atom. The minimum Gasteiger partial charge on any atom is -0.303 e. The van der Waals surface area contributed by atoms with Crippen LogP contribution in [0.25, 0.3) is 5.57 Å². The number of allylic oxidation sites excluding steroid dienone is 2. The molecule has 4 rings (SSSR count). The van der Waals surface area contributed by atoms with Crippen LogP contribution in [-0.2, 0) is 4.79 Å². The van der Waals surface area contributed by atoms with Crippen molar-refractivity contribution in [3.05, 3.63) is 58.6 Å². The molecule has 1 fully saturated rings. The first-order valence-electron chi connectivity index (χ1n) is 7.49. The van der Waals surface area contributed by atoms with Crippen LogP contribution in [0.3, 0.4) is 0 Å². The molecule has 106 valence electrons. The molecule has 2 nitrogen and oxygen atoms in total. The highest BCUT2D eigenvalue weighted by atomic mass is 32.1. The standard InChI is InChI=1S/C18H17NOS/c20-11-14-6-5-12-9-15(16-4-2-8-21-16)18(14)17(12)13-3-1-7-19-10-13/h1-4,7-12,14,17-18H,5-6H2/t12-,14+,17+,18+/m1/s1. The van der Waals surface area contributed by atoms with E-state index in [2.05, 4.69) is 34.6 Å². The van der Waals surface area contributed by atoms with Gasteiger partial charge in [-0.15, -0.1) is 11.3 Å². The van der Waals surface area contributed by atoms with Gasteiger partial charge in [-0.25, -0.2) is 0 Å². The normalized spacial score (nSPS) is 31.0. The second kappa shape index (κ2) is 5.23. The van der Waals surface area contributed by atoms with E-state index in [1.807, 2.05) is 18.5 Å². The third-order valence-electron chi connectivity index (χ3n) is 4.95. The highest BCUT2D eigenvalue weighted by Crippen LogP contribution is 2.56. The predicted molar refractivity (Wildman–Crippen MR) is 85.0 cm³/mol. The first-order valence-corrected chi connectivity index (χ1v) is 8.37. The monoisotopic (exact) mass is 295 g/mol. The van der Waals surface area contributed by atoms with E-state index in [0.717, 1.165) is 12.8 Å². The number of aromatic nitrogens is 1.